The summed E-state index contributed by atoms with van der Waals surface area (Å²) in [6, 6.07) is 0.476. The normalized spacial score (nSPS) is 46.5. The minimum atomic E-state index is 0.420. The summed E-state index contributed by atoms with van der Waals surface area (Å²) in [5.41, 5.74) is 0.420. The second-order valence-corrected chi connectivity index (χ2v) is 4.36. The quantitative estimate of drug-likeness (QED) is 0.584. The van der Waals surface area contributed by atoms with Gasteiger partial charge < -0.3 is 5.32 Å². The molecule has 3 nitrogen and oxygen atoms in total. The van der Waals surface area contributed by atoms with Crippen LogP contribution in [0.3, 0.4) is 0 Å². The Morgan fingerprint density at radius 1 is 1.50 bits per heavy atom. The fourth-order valence-corrected chi connectivity index (χ4v) is 3.22. The van der Waals surface area contributed by atoms with Crippen molar-refractivity contribution in [2.75, 3.05) is 13.1 Å². The number of rotatable bonds is 2. The number of piperidine rings is 1. The first-order valence-corrected chi connectivity index (χ1v) is 4.81. The molecule has 0 radical (unpaired) electrons. The van der Waals surface area contributed by atoms with E-state index in [1.807, 2.05) is 0 Å². The highest BCUT2D eigenvalue weighted by Gasteiger charge is 2.63. The van der Waals surface area contributed by atoms with Gasteiger partial charge in [0.2, 0.25) is 6.41 Å². The van der Waals surface area contributed by atoms with Gasteiger partial charge in [0.25, 0.3) is 0 Å². The third kappa shape index (κ3) is 0.637. The predicted molar refractivity (Wildman–Crippen MR) is 44.6 cm³/mol. The zero-order valence-electron chi connectivity index (χ0n) is 7.12. The fraction of sp³-hybridized carbons (Fsp3) is 0.889. The summed E-state index contributed by atoms with van der Waals surface area (Å²) in [5.74, 6) is 0.748. The summed E-state index contributed by atoms with van der Waals surface area (Å²) in [5, 5.41) is 3.01. The number of nitrogens with one attached hydrogen (secondary N) is 1. The van der Waals surface area contributed by atoms with Gasteiger partial charge >= 0.3 is 0 Å². The predicted octanol–water partition coefficient (Wildman–Crippen LogP) is -0.0309. The van der Waals surface area contributed by atoms with Crippen molar-refractivity contribution in [1.82, 2.24) is 10.2 Å². The lowest BCUT2D eigenvalue weighted by molar-refractivity contribution is -0.110. The van der Waals surface area contributed by atoms with Gasteiger partial charge in [-0.05, 0) is 31.7 Å². The summed E-state index contributed by atoms with van der Waals surface area (Å²) in [7, 11) is 0. The highest BCUT2D eigenvalue weighted by Crippen LogP contribution is 2.55. The van der Waals surface area contributed by atoms with Crippen LogP contribution < -0.4 is 5.32 Å². The lowest BCUT2D eigenvalue weighted by atomic mass is 9.92. The SMILES string of the molecule is O=CNC1C2CCN(C2)C12CC2. The number of nitrogens with zero attached hydrogens (tertiary/aromatic N) is 1. The highest BCUT2D eigenvalue weighted by atomic mass is 16.1. The Balaban J connectivity index is 1.87. The van der Waals surface area contributed by atoms with Gasteiger partial charge in [0.15, 0.2) is 0 Å². The molecule has 2 bridgehead atoms. The molecule has 1 saturated carbocycles. The van der Waals surface area contributed by atoms with E-state index in [1.165, 1.54) is 32.4 Å². The zero-order valence-corrected chi connectivity index (χ0v) is 7.12. The Hall–Kier alpha value is -0.570. The van der Waals surface area contributed by atoms with Gasteiger partial charge in [-0.3, -0.25) is 9.69 Å². The third-order valence-corrected chi connectivity index (χ3v) is 3.91. The summed E-state index contributed by atoms with van der Waals surface area (Å²) in [6.45, 7) is 2.49. The summed E-state index contributed by atoms with van der Waals surface area (Å²) < 4.78 is 0. The van der Waals surface area contributed by atoms with Crippen LogP contribution in [0, 0.1) is 5.92 Å². The summed E-state index contributed by atoms with van der Waals surface area (Å²) >= 11 is 0. The largest absolute Gasteiger partial charge is 0.354 e. The number of hydrogen-bond donors (Lipinski definition) is 1. The molecule has 0 aromatic carbocycles. The Labute approximate surface area is 72.1 Å². The van der Waals surface area contributed by atoms with Gasteiger partial charge in [0.1, 0.15) is 0 Å². The number of hydrogen-bond acceptors (Lipinski definition) is 2. The van der Waals surface area contributed by atoms with Crippen LogP contribution in [0.2, 0.25) is 0 Å². The number of fused-ring (bicyclic) bond motifs is 3. The zero-order chi connectivity index (χ0) is 8.18. The van der Waals surface area contributed by atoms with E-state index in [0.29, 0.717) is 11.6 Å². The van der Waals surface area contributed by atoms with Crippen molar-refractivity contribution in [2.24, 2.45) is 5.92 Å². The van der Waals surface area contributed by atoms with Crippen LogP contribution in [0.25, 0.3) is 0 Å². The van der Waals surface area contributed by atoms with Crippen LogP contribution in [0.4, 0.5) is 0 Å². The van der Waals surface area contributed by atoms with Crippen molar-refractivity contribution in [3.05, 3.63) is 0 Å². The maximum atomic E-state index is 10.4. The summed E-state index contributed by atoms with van der Waals surface area (Å²) in [6.07, 6.45) is 4.77. The van der Waals surface area contributed by atoms with Crippen molar-refractivity contribution >= 4 is 6.41 Å². The molecule has 3 unspecified atom stereocenters. The molecule has 1 N–H and O–H groups in total. The Morgan fingerprint density at radius 3 is 3.00 bits per heavy atom. The number of carbonyl (C=O) groups excluding carboxylic acids is 1. The average Bonchev–Trinajstić information content (AvgIpc) is 2.60. The molecular weight excluding hydrogens is 152 g/mol. The molecule has 1 aliphatic carbocycles. The molecule has 0 aromatic heterocycles. The lowest BCUT2D eigenvalue weighted by Gasteiger charge is -2.32. The second-order valence-electron chi connectivity index (χ2n) is 4.36. The topological polar surface area (TPSA) is 32.3 Å². The van der Waals surface area contributed by atoms with Crippen LogP contribution in [0.1, 0.15) is 19.3 Å². The van der Waals surface area contributed by atoms with Gasteiger partial charge in [0.05, 0.1) is 6.04 Å². The minimum Gasteiger partial charge on any atom is -0.354 e. The van der Waals surface area contributed by atoms with Gasteiger partial charge in [0, 0.05) is 12.1 Å². The maximum absolute atomic E-state index is 10.4. The molecule has 2 saturated heterocycles. The molecule has 3 rings (SSSR count). The molecule has 3 heteroatoms. The van der Waals surface area contributed by atoms with E-state index in [-0.39, 0.29) is 0 Å². The molecule has 1 spiro atoms. The van der Waals surface area contributed by atoms with Crippen LogP contribution >= 0.6 is 0 Å². The van der Waals surface area contributed by atoms with Crippen LogP contribution in [0.5, 0.6) is 0 Å². The molecule has 1 amide bonds. The minimum absolute atomic E-state index is 0.420. The van der Waals surface area contributed by atoms with Gasteiger partial charge in [-0.2, -0.15) is 0 Å². The van der Waals surface area contributed by atoms with E-state index >= 15 is 0 Å². The fourth-order valence-electron chi connectivity index (χ4n) is 3.22. The van der Waals surface area contributed by atoms with Gasteiger partial charge in [-0.1, -0.05) is 0 Å². The monoisotopic (exact) mass is 166 g/mol. The molecule has 3 aliphatic rings. The number of amides is 1. The van der Waals surface area contributed by atoms with Crippen molar-refractivity contribution in [3.8, 4) is 0 Å². The molecular formula is C9H14N2O. The second kappa shape index (κ2) is 2.02. The first kappa shape index (κ1) is 6.89. The molecule has 3 atom stereocenters. The van der Waals surface area contributed by atoms with Crippen LogP contribution in [-0.4, -0.2) is 36.0 Å². The van der Waals surface area contributed by atoms with Crippen LogP contribution in [-0.2, 0) is 4.79 Å². The lowest BCUT2D eigenvalue weighted by Crippen LogP contribution is -2.49. The standard InChI is InChI=1S/C9H14N2O/c12-6-10-8-7-1-4-11(5-7)9(8)2-3-9/h6-8H,1-5H2,(H,10,12). The van der Waals surface area contributed by atoms with Crippen molar-refractivity contribution < 1.29 is 4.79 Å². The van der Waals surface area contributed by atoms with Crippen molar-refractivity contribution in [1.29, 1.82) is 0 Å². The van der Waals surface area contributed by atoms with E-state index in [1.54, 1.807) is 0 Å². The Bertz CT molecular complexity index is 225. The van der Waals surface area contributed by atoms with E-state index in [4.69, 9.17) is 0 Å². The van der Waals surface area contributed by atoms with Gasteiger partial charge in [-0.15, -0.1) is 0 Å². The van der Waals surface area contributed by atoms with E-state index in [0.717, 1.165) is 12.3 Å². The van der Waals surface area contributed by atoms with E-state index in [9.17, 15) is 4.79 Å². The van der Waals surface area contributed by atoms with E-state index in [2.05, 4.69) is 10.2 Å². The molecule has 12 heavy (non-hydrogen) atoms. The molecule has 3 fully saturated rings. The first-order valence-electron chi connectivity index (χ1n) is 4.81. The third-order valence-electron chi connectivity index (χ3n) is 3.91. The van der Waals surface area contributed by atoms with Crippen molar-refractivity contribution in [3.63, 3.8) is 0 Å². The smallest absolute Gasteiger partial charge is 0.207 e. The first-order chi connectivity index (χ1) is 5.87. The van der Waals surface area contributed by atoms with E-state index < -0.39 is 0 Å². The van der Waals surface area contributed by atoms with Crippen LogP contribution in [0.15, 0.2) is 0 Å². The summed E-state index contributed by atoms with van der Waals surface area (Å²) in [4.78, 5) is 13.0. The Kier molecular flexibility index (Phi) is 1.16. The van der Waals surface area contributed by atoms with Gasteiger partial charge in [-0.25, -0.2) is 0 Å². The molecule has 66 valence electrons. The molecule has 2 aliphatic heterocycles. The molecule has 2 heterocycles. The molecule has 0 aromatic rings. The van der Waals surface area contributed by atoms with Crippen molar-refractivity contribution in [2.45, 2.75) is 30.8 Å². The highest BCUT2D eigenvalue weighted by molar-refractivity contribution is 5.48. The Morgan fingerprint density at radius 2 is 2.33 bits per heavy atom. The maximum Gasteiger partial charge on any atom is 0.207 e. The number of carbonyl (C=O) groups is 1. The average molecular weight is 166 g/mol.